The Morgan fingerprint density at radius 2 is 1.67 bits per heavy atom. The number of carbonyl (C=O) groups excluding carboxylic acids is 1. The molecule has 0 atom stereocenters. The summed E-state index contributed by atoms with van der Waals surface area (Å²) >= 11 is 0. The monoisotopic (exact) mass is 209 g/mol. The van der Waals surface area contributed by atoms with E-state index < -0.39 is 0 Å². The Bertz CT molecular complexity index is 219. The van der Waals surface area contributed by atoms with Crippen LogP contribution in [0, 0.1) is 11.3 Å². The third-order valence-electron chi connectivity index (χ3n) is 4.45. The van der Waals surface area contributed by atoms with E-state index in [2.05, 4.69) is 0 Å². The molecule has 0 aromatic heterocycles. The molecule has 0 amide bonds. The van der Waals surface area contributed by atoms with Crippen LogP contribution in [0.5, 0.6) is 0 Å². The van der Waals surface area contributed by atoms with Crippen molar-refractivity contribution in [2.75, 3.05) is 6.54 Å². The van der Waals surface area contributed by atoms with Crippen molar-refractivity contribution >= 4 is 5.78 Å². The van der Waals surface area contributed by atoms with Crippen molar-refractivity contribution in [3.05, 3.63) is 0 Å². The molecule has 0 bridgehead atoms. The van der Waals surface area contributed by atoms with Crippen molar-refractivity contribution in [1.29, 1.82) is 0 Å². The second kappa shape index (κ2) is 4.65. The van der Waals surface area contributed by atoms with Gasteiger partial charge in [0.25, 0.3) is 0 Å². The molecule has 0 radical (unpaired) electrons. The van der Waals surface area contributed by atoms with Gasteiger partial charge in [-0.2, -0.15) is 0 Å². The summed E-state index contributed by atoms with van der Waals surface area (Å²) in [6, 6.07) is 0. The molecule has 0 aromatic carbocycles. The third-order valence-corrected chi connectivity index (χ3v) is 4.45. The van der Waals surface area contributed by atoms with Crippen LogP contribution in [0.15, 0.2) is 0 Å². The fourth-order valence-corrected chi connectivity index (χ4v) is 3.13. The van der Waals surface area contributed by atoms with Crippen LogP contribution in [0.25, 0.3) is 0 Å². The largest absolute Gasteiger partial charge is 0.329 e. The molecule has 0 unspecified atom stereocenters. The maximum atomic E-state index is 12.4. The molecule has 86 valence electrons. The molecule has 2 rings (SSSR count). The smallest absolute Gasteiger partial charge is 0.143 e. The molecule has 2 saturated carbocycles. The zero-order chi connectivity index (χ0) is 10.7. The molecular formula is C13H23NO. The summed E-state index contributed by atoms with van der Waals surface area (Å²) in [6.45, 7) is 0.586. The van der Waals surface area contributed by atoms with E-state index in [-0.39, 0.29) is 5.41 Å². The van der Waals surface area contributed by atoms with Gasteiger partial charge in [0.2, 0.25) is 0 Å². The summed E-state index contributed by atoms with van der Waals surface area (Å²) in [7, 11) is 0. The highest BCUT2D eigenvalue weighted by atomic mass is 16.1. The number of carbonyl (C=O) groups is 1. The van der Waals surface area contributed by atoms with Crippen LogP contribution in [0.4, 0.5) is 0 Å². The lowest BCUT2D eigenvalue weighted by Crippen LogP contribution is -2.47. The Balaban J connectivity index is 1.98. The fraction of sp³-hybridized carbons (Fsp3) is 0.923. The van der Waals surface area contributed by atoms with E-state index in [1.165, 1.54) is 32.1 Å². The van der Waals surface area contributed by atoms with Crippen molar-refractivity contribution in [2.45, 2.75) is 57.8 Å². The molecule has 2 aliphatic rings. The number of hydrogen-bond donors (Lipinski definition) is 1. The first-order chi connectivity index (χ1) is 7.28. The van der Waals surface area contributed by atoms with Crippen LogP contribution < -0.4 is 5.73 Å². The minimum atomic E-state index is -0.0883. The van der Waals surface area contributed by atoms with Crippen molar-refractivity contribution in [3.8, 4) is 0 Å². The Labute approximate surface area is 92.6 Å². The summed E-state index contributed by atoms with van der Waals surface area (Å²) in [5.74, 6) is 0.856. The Kier molecular flexibility index (Phi) is 3.45. The van der Waals surface area contributed by atoms with Crippen LogP contribution in [0.1, 0.15) is 57.8 Å². The van der Waals surface area contributed by atoms with Gasteiger partial charge in [-0.25, -0.2) is 0 Å². The van der Waals surface area contributed by atoms with E-state index in [9.17, 15) is 4.79 Å². The van der Waals surface area contributed by atoms with Crippen LogP contribution in [0.2, 0.25) is 0 Å². The Morgan fingerprint density at radius 1 is 1.07 bits per heavy atom. The van der Waals surface area contributed by atoms with E-state index in [4.69, 9.17) is 5.73 Å². The van der Waals surface area contributed by atoms with E-state index in [1.54, 1.807) is 0 Å². The molecular weight excluding hydrogens is 186 g/mol. The zero-order valence-electron chi connectivity index (χ0n) is 9.63. The highest BCUT2D eigenvalue weighted by Crippen LogP contribution is 2.44. The van der Waals surface area contributed by atoms with Crippen LogP contribution >= 0.6 is 0 Å². The van der Waals surface area contributed by atoms with Gasteiger partial charge < -0.3 is 5.73 Å². The predicted molar refractivity (Wildman–Crippen MR) is 61.5 cm³/mol. The highest BCUT2D eigenvalue weighted by Gasteiger charge is 2.45. The van der Waals surface area contributed by atoms with E-state index in [0.29, 0.717) is 18.2 Å². The number of Topliss-reactive ketones (excluding diaryl/α,β-unsaturated/α-hetero) is 1. The standard InChI is InChI=1S/C13H23NO/c14-10-13(8-5-9-13)12(15)11-6-3-1-2-4-7-11/h11H,1-10,14H2. The SMILES string of the molecule is NCC1(C(=O)C2CCCCCC2)CCC1. The average molecular weight is 209 g/mol. The van der Waals surface area contributed by atoms with Gasteiger partial charge >= 0.3 is 0 Å². The van der Waals surface area contributed by atoms with Gasteiger partial charge in [0.15, 0.2) is 0 Å². The first-order valence-electron chi connectivity index (χ1n) is 6.53. The summed E-state index contributed by atoms with van der Waals surface area (Å²) in [5, 5.41) is 0. The van der Waals surface area contributed by atoms with E-state index >= 15 is 0 Å². The highest BCUT2D eigenvalue weighted by molar-refractivity contribution is 5.88. The molecule has 2 fully saturated rings. The summed E-state index contributed by atoms with van der Waals surface area (Å²) in [6.07, 6.45) is 10.7. The molecule has 15 heavy (non-hydrogen) atoms. The van der Waals surface area contributed by atoms with Crippen molar-refractivity contribution in [1.82, 2.24) is 0 Å². The number of nitrogens with two attached hydrogens (primary N) is 1. The lowest BCUT2D eigenvalue weighted by molar-refractivity contribution is -0.137. The topological polar surface area (TPSA) is 43.1 Å². The van der Waals surface area contributed by atoms with Crippen LogP contribution in [-0.4, -0.2) is 12.3 Å². The minimum Gasteiger partial charge on any atom is -0.329 e. The van der Waals surface area contributed by atoms with Crippen LogP contribution in [-0.2, 0) is 4.79 Å². The quantitative estimate of drug-likeness (QED) is 0.726. The predicted octanol–water partition coefficient (Wildman–Crippen LogP) is 2.65. The molecule has 0 aliphatic heterocycles. The van der Waals surface area contributed by atoms with Gasteiger partial charge in [-0.05, 0) is 25.7 Å². The number of hydrogen-bond acceptors (Lipinski definition) is 2. The molecule has 0 spiro atoms. The summed E-state index contributed by atoms with van der Waals surface area (Å²) in [5.41, 5.74) is 5.71. The van der Waals surface area contributed by atoms with Gasteiger partial charge in [-0.3, -0.25) is 4.79 Å². The zero-order valence-corrected chi connectivity index (χ0v) is 9.63. The molecule has 0 heterocycles. The van der Waals surface area contributed by atoms with Gasteiger partial charge in [0.05, 0.1) is 0 Å². The van der Waals surface area contributed by atoms with E-state index in [0.717, 1.165) is 25.7 Å². The van der Waals surface area contributed by atoms with Gasteiger partial charge in [0.1, 0.15) is 5.78 Å². The second-order valence-electron chi connectivity index (χ2n) is 5.39. The molecule has 0 aromatic rings. The lowest BCUT2D eigenvalue weighted by atomic mass is 9.62. The van der Waals surface area contributed by atoms with Crippen molar-refractivity contribution in [2.24, 2.45) is 17.1 Å². The number of ketones is 1. The molecule has 2 aliphatic carbocycles. The van der Waals surface area contributed by atoms with Crippen molar-refractivity contribution in [3.63, 3.8) is 0 Å². The second-order valence-corrected chi connectivity index (χ2v) is 5.39. The Hall–Kier alpha value is -0.370. The molecule has 2 heteroatoms. The first kappa shape index (κ1) is 11.1. The lowest BCUT2D eigenvalue weighted by Gasteiger charge is -2.41. The number of rotatable bonds is 3. The summed E-state index contributed by atoms with van der Waals surface area (Å²) in [4.78, 5) is 12.4. The van der Waals surface area contributed by atoms with Gasteiger partial charge in [0, 0.05) is 17.9 Å². The third kappa shape index (κ3) is 2.10. The fourth-order valence-electron chi connectivity index (χ4n) is 3.13. The summed E-state index contributed by atoms with van der Waals surface area (Å²) < 4.78 is 0. The molecule has 0 saturated heterocycles. The Morgan fingerprint density at radius 3 is 2.07 bits per heavy atom. The van der Waals surface area contributed by atoms with Crippen molar-refractivity contribution < 1.29 is 4.79 Å². The maximum Gasteiger partial charge on any atom is 0.143 e. The maximum absolute atomic E-state index is 12.4. The average Bonchev–Trinajstić information content (AvgIpc) is 2.44. The molecule has 2 N–H and O–H groups in total. The molecule has 2 nitrogen and oxygen atoms in total. The van der Waals surface area contributed by atoms with Gasteiger partial charge in [-0.1, -0.05) is 32.1 Å². The van der Waals surface area contributed by atoms with Crippen LogP contribution in [0.3, 0.4) is 0 Å². The normalized spacial score (nSPS) is 26.7. The minimum absolute atomic E-state index is 0.0883. The van der Waals surface area contributed by atoms with E-state index in [1.807, 2.05) is 0 Å². The van der Waals surface area contributed by atoms with Gasteiger partial charge in [-0.15, -0.1) is 0 Å². The first-order valence-corrected chi connectivity index (χ1v) is 6.53.